The predicted molar refractivity (Wildman–Crippen MR) is 204 cm³/mol. The van der Waals surface area contributed by atoms with E-state index in [0.29, 0.717) is 16.0 Å². The quantitative estimate of drug-likeness (QED) is 0.0663. The first-order valence-electron chi connectivity index (χ1n) is 17.2. The molecule has 9 rings (SSSR count). The first-order valence-corrected chi connectivity index (χ1v) is 18.8. The molecule has 2 aromatic heterocycles. The molecule has 11 nitrogen and oxygen atoms in total. The fraction of sp³-hybridized carbons (Fsp3) is 0.0698. The largest absolute Gasteiger partial charge is 0.457 e. The maximum atomic E-state index is 14.5. The van der Waals surface area contributed by atoms with Gasteiger partial charge in [0.15, 0.2) is 23.1 Å². The molecule has 0 fully saturated rings. The van der Waals surface area contributed by atoms with Gasteiger partial charge in [-0.3, -0.25) is 19.2 Å². The molecule has 0 unspecified atom stereocenters. The van der Waals surface area contributed by atoms with Crippen LogP contribution in [0.4, 0.5) is 0 Å². The molecule has 272 valence electrons. The smallest absolute Gasteiger partial charge is 0.369 e. The highest BCUT2D eigenvalue weighted by atomic mass is 32.1. The highest BCUT2D eigenvalue weighted by Crippen LogP contribution is 2.52. The molecule has 0 saturated heterocycles. The number of hydrogen-bond donors (Lipinski definition) is 0. The summed E-state index contributed by atoms with van der Waals surface area (Å²) in [6, 6.07) is 30.5. The van der Waals surface area contributed by atoms with E-state index in [-0.39, 0.29) is 73.1 Å². The second-order valence-electron chi connectivity index (χ2n) is 12.8. The summed E-state index contributed by atoms with van der Waals surface area (Å²) in [6.45, 7) is -0.471. The van der Waals surface area contributed by atoms with Crippen LogP contribution in [0.25, 0.3) is 21.9 Å². The molecule has 2 aliphatic carbocycles. The van der Waals surface area contributed by atoms with Crippen molar-refractivity contribution >= 4 is 69.9 Å². The summed E-state index contributed by atoms with van der Waals surface area (Å²) in [7, 11) is 0. The minimum Gasteiger partial charge on any atom is -0.457 e. The second-order valence-corrected chi connectivity index (χ2v) is 14.9. The first kappa shape index (κ1) is 34.8. The van der Waals surface area contributed by atoms with Crippen molar-refractivity contribution < 1.29 is 43.0 Å². The number of carbonyl (C=O) groups is 6. The average molecular weight is 777 g/mol. The van der Waals surface area contributed by atoms with Crippen molar-refractivity contribution in [3.05, 3.63) is 169 Å². The van der Waals surface area contributed by atoms with Gasteiger partial charge in [-0.2, -0.15) is 0 Å². The lowest BCUT2D eigenvalue weighted by molar-refractivity contribution is -0.184. The van der Waals surface area contributed by atoms with Crippen molar-refractivity contribution in [2.75, 3.05) is 0 Å². The Morgan fingerprint density at radius 3 is 1.39 bits per heavy atom. The molecule has 0 saturated carbocycles. The number of thiazole rings is 2. The molecular weight excluding hydrogens is 753 g/mol. The number of benzene rings is 4. The van der Waals surface area contributed by atoms with Gasteiger partial charge in [-0.15, -0.1) is 22.7 Å². The van der Waals surface area contributed by atoms with Gasteiger partial charge in [0.05, 0.1) is 16.0 Å². The van der Waals surface area contributed by atoms with Gasteiger partial charge in [-0.25, -0.2) is 19.6 Å². The van der Waals surface area contributed by atoms with E-state index in [2.05, 4.69) is 9.97 Å². The third kappa shape index (κ3) is 5.72. The molecule has 13 heteroatoms. The Morgan fingerprint density at radius 2 is 0.946 bits per heavy atom. The maximum Gasteiger partial charge on any atom is 0.369 e. The molecule has 1 aliphatic heterocycles. The van der Waals surface area contributed by atoms with E-state index < -0.39 is 40.7 Å². The van der Waals surface area contributed by atoms with Gasteiger partial charge in [0, 0.05) is 22.3 Å². The Hall–Kier alpha value is -6.96. The van der Waals surface area contributed by atoms with Crippen molar-refractivity contribution in [2.24, 2.45) is 0 Å². The lowest BCUT2D eigenvalue weighted by Crippen LogP contribution is -2.52. The van der Waals surface area contributed by atoms with Crippen molar-refractivity contribution in [1.29, 1.82) is 0 Å². The summed E-state index contributed by atoms with van der Waals surface area (Å²) in [6.07, 6.45) is 2.66. The molecule has 0 spiro atoms. The van der Waals surface area contributed by atoms with Crippen LogP contribution in [0, 0.1) is 0 Å². The van der Waals surface area contributed by atoms with Gasteiger partial charge < -0.3 is 14.2 Å². The Kier molecular flexibility index (Phi) is 8.52. The van der Waals surface area contributed by atoms with E-state index >= 15 is 0 Å². The van der Waals surface area contributed by atoms with Crippen LogP contribution in [0.1, 0.15) is 68.3 Å². The summed E-state index contributed by atoms with van der Waals surface area (Å²) >= 11 is 2.02. The number of nitrogens with zero attached hydrogens (tertiary/aromatic N) is 2. The topological polar surface area (TPSA) is 156 Å². The lowest BCUT2D eigenvalue weighted by Gasteiger charge is -2.31. The lowest BCUT2D eigenvalue weighted by atomic mass is 9.95. The second kappa shape index (κ2) is 13.7. The van der Waals surface area contributed by atoms with Crippen molar-refractivity contribution in [2.45, 2.75) is 18.8 Å². The number of ketones is 4. The number of hydrogen-bond acceptors (Lipinski definition) is 13. The fourth-order valence-electron chi connectivity index (χ4n) is 6.64. The van der Waals surface area contributed by atoms with Crippen LogP contribution in [-0.2, 0) is 37.9 Å². The summed E-state index contributed by atoms with van der Waals surface area (Å²) in [5, 5.41) is 0.276. The average Bonchev–Trinajstić information content (AvgIpc) is 3.97. The Bertz CT molecular complexity index is 2620. The summed E-state index contributed by atoms with van der Waals surface area (Å²) < 4.78 is 17.9. The Labute approximate surface area is 325 Å². The normalized spacial score (nSPS) is 14.7. The van der Waals surface area contributed by atoms with Gasteiger partial charge >= 0.3 is 17.5 Å². The van der Waals surface area contributed by atoms with Crippen molar-refractivity contribution in [1.82, 2.24) is 9.97 Å². The standard InChI is InChI=1S/C43H24N2O9S2/c46-33-25-15-7-8-16-26(25)34(47)29(33)19-31-44-39-37(55-31)38-40(45-32(56-38)20-30-35(48)27-17-9-10-18-28(27)36(30)49)54-43(39,41(50)52-21-23-11-3-1-4-12-23)42(51)53-22-24-13-5-2-6-14-24/h1-20H,21-22H2. The molecule has 6 aromatic rings. The Balaban J connectivity index is 1.18. The third-order valence-electron chi connectivity index (χ3n) is 9.39. The van der Waals surface area contributed by atoms with E-state index in [9.17, 15) is 28.8 Å². The minimum absolute atomic E-state index is 0.108. The molecule has 0 N–H and O–H groups in total. The molecular formula is C43H24N2O9S2. The SMILES string of the molecule is O=C1C(=Cc2nc3c(s2)-c2sc(C=C4C(=O)c5ccccc5C4=O)nc2C(C(=O)OCc2ccccc2)(C(=O)OCc2ccccc2)O3)C(=O)c2ccccc21. The van der Waals surface area contributed by atoms with Gasteiger partial charge in [0.2, 0.25) is 5.88 Å². The zero-order valence-corrected chi connectivity index (χ0v) is 30.5. The number of esters is 2. The monoisotopic (exact) mass is 776 g/mol. The van der Waals surface area contributed by atoms with Crippen molar-refractivity contribution in [3.63, 3.8) is 0 Å². The van der Waals surface area contributed by atoms with Crippen LogP contribution in [0.5, 0.6) is 5.88 Å². The summed E-state index contributed by atoms with van der Waals surface area (Å²) in [5.74, 6) is -4.41. The van der Waals surface area contributed by atoms with Crippen LogP contribution < -0.4 is 4.74 Å². The molecule has 0 bridgehead atoms. The van der Waals surface area contributed by atoms with Crippen LogP contribution in [-0.4, -0.2) is 45.0 Å². The fourth-order valence-corrected chi connectivity index (χ4v) is 8.76. The highest BCUT2D eigenvalue weighted by molar-refractivity contribution is 7.23. The van der Waals surface area contributed by atoms with E-state index in [1.54, 1.807) is 109 Å². The van der Waals surface area contributed by atoms with Crippen LogP contribution >= 0.6 is 22.7 Å². The van der Waals surface area contributed by atoms with Crippen molar-refractivity contribution in [3.8, 4) is 15.6 Å². The number of ether oxygens (including phenoxy) is 3. The zero-order chi connectivity index (χ0) is 38.6. The highest BCUT2D eigenvalue weighted by Gasteiger charge is 2.60. The summed E-state index contributed by atoms with van der Waals surface area (Å²) in [4.78, 5) is 92.1. The van der Waals surface area contributed by atoms with E-state index in [1.165, 1.54) is 12.2 Å². The minimum atomic E-state index is -2.67. The number of allylic oxidation sites excluding steroid dienone is 2. The molecule has 3 heterocycles. The van der Waals surface area contributed by atoms with Gasteiger partial charge in [0.25, 0.3) is 0 Å². The molecule has 3 aliphatic rings. The molecule has 56 heavy (non-hydrogen) atoms. The molecule has 0 radical (unpaired) electrons. The number of aromatic nitrogens is 2. The molecule has 0 atom stereocenters. The van der Waals surface area contributed by atoms with E-state index in [1.807, 2.05) is 0 Å². The summed E-state index contributed by atoms with van der Waals surface area (Å²) in [5.41, 5.74) is -0.837. The third-order valence-corrected chi connectivity index (χ3v) is 11.5. The van der Waals surface area contributed by atoms with Crippen LogP contribution in [0.15, 0.2) is 120 Å². The van der Waals surface area contributed by atoms with Crippen LogP contribution in [0.2, 0.25) is 0 Å². The Morgan fingerprint density at radius 1 is 0.554 bits per heavy atom. The molecule has 4 aromatic carbocycles. The first-order chi connectivity index (χ1) is 27.2. The number of carbonyl (C=O) groups excluding carboxylic acids is 6. The zero-order valence-electron chi connectivity index (χ0n) is 28.8. The van der Waals surface area contributed by atoms with E-state index in [4.69, 9.17) is 14.2 Å². The van der Waals surface area contributed by atoms with Gasteiger partial charge in [-0.1, -0.05) is 109 Å². The number of rotatable bonds is 8. The number of Topliss-reactive ketones (excluding diaryl/α,β-unsaturated/α-hetero) is 4. The van der Waals surface area contributed by atoms with E-state index in [0.717, 1.165) is 22.7 Å². The van der Waals surface area contributed by atoms with Crippen LogP contribution in [0.3, 0.4) is 0 Å². The number of fused-ring (bicyclic) bond motifs is 5. The van der Waals surface area contributed by atoms with Gasteiger partial charge in [-0.05, 0) is 23.3 Å². The molecule has 0 amide bonds. The maximum absolute atomic E-state index is 14.5. The van der Waals surface area contributed by atoms with Gasteiger partial charge in [0.1, 0.15) is 33.8 Å². The predicted octanol–water partition coefficient (Wildman–Crippen LogP) is 7.27.